The topological polar surface area (TPSA) is 76.3 Å². The van der Waals surface area contributed by atoms with E-state index in [1.165, 1.54) is 22.0 Å². The number of likely N-dealkylation sites (tertiary alicyclic amines) is 1. The summed E-state index contributed by atoms with van der Waals surface area (Å²) in [6.45, 7) is 5.04. The third-order valence-corrected chi connectivity index (χ3v) is 7.87. The van der Waals surface area contributed by atoms with Crippen molar-refractivity contribution in [1.29, 1.82) is 0 Å². The molecule has 0 spiro atoms. The van der Waals surface area contributed by atoms with Crippen molar-refractivity contribution in [2.45, 2.75) is 37.9 Å². The Morgan fingerprint density at radius 1 is 1.03 bits per heavy atom. The lowest BCUT2D eigenvalue weighted by Gasteiger charge is -2.32. The molecule has 1 N–H and O–H groups in total. The van der Waals surface area contributed by atoms with Crippen molar-refractivity contribution >= 4 is 29.3 Å². The average Bonchev–Trinajstić information content (AvgIpc) is 3.11. The lowest BCUT2D eigenvalue weighted by atomic mass is 9.89. The number of benzene rings is 2. The van der Waals surface area contributed by atoms with Gasteiger partial charge in [-0.3, -0.25) is 19.1 Å². The van der Waals surface area contributed by atoms with Crippen molar-refractivity contribution < 1.29 is 9.59 Å². The van der Waals surface area contributed by atoms with Gasteiger partial charge in [0, 0.05) is 20.1 Å². The number of nitrogens with one attached hydrogen (secondary N) is 1. The lowest BCUT2D eigenvalue weighted by molar-refractivity contribution is -0.129. The molecule has 8 heteroatoms. The van der Waals surface area contributed by atoms with Crippen LogP contribution >= 0.6 is 11.8 Å². The largest absolute Gasteiger partial charge is 0.342 e. The Labute approximate surface area is 210 Å². The van der Waals surface area contributed by atoms with Gasteiger partial charge in [0.15, 0.2) is 0 Å². The summed E-state index contributed by atoms with van der Waals surface area (Å²) in [4.78, 5) is 40.5. The fraction of sp³-hybridized carbons (Fsp3) is 0.370. The van der Waals surface area contributed by atoms with Crippen LogP contribution in [-0.4, -0.2) is 50.2 Å². The van der Waals surface area contributed by atoms with Crippen LogP contribution in [0.4, 0.5) is 5.69 Å². The van der Waals surface area contributed by atoms with Gasteiger partial charge in [0.25, 0.3) is 5.56 Å². The van der Waals surface area contributed by atoms with Gasteiger partial charge in [-0.2, -0.15) is 0 Å². The molecule has 0 aliphatic carbocycles. The molecule has 7 nitrogen and oxygen atoms in total. The number of thioether (sulfide) groups is 1. The zero-order valence-electron chi connectivity index (χ0n) is 20.4. The molecule has 1 aliphatic rings. The first-order chi connectivity index (χ1) is 16.9. The highest BCUT2D eigenvalue weighted by Crippen LogP contribution is 2.28. The Bertz CT molecular complexity index is 1230. The standard InChI is InChI=1S/C27H32N4O3S/c1-19-25(27(34)31(29(19)3)23-12-8-5-9-13-23)28-26(33)20(2)35-18-24(32)30-16-14-22(15-17-30)21-10-6-4-7-11-21/h4-13,20,22H,14-18H2,1-3H3,(H,28,33). The van der Waals surface area contributed by atoms with Crippen molar-refractivity contribution in [3.05, 3.63) is 82.3 Å². The number of para-hydroxylation sites is 1. The number of carbonyl (C=O) groups is 2. The van der Waals surface area contributed by atoms with Crippen LogP contribution in [0, 0.1) is 6.92 Å². The number of anilines is 1. The Morgan fingerprint density at radius 3 is 2.26 bits per heavy atom. The molecule has 0 saturated carbocycles. The van der Waals surface area contributed by atoms with Gasteiger partial charge >= 0.3 is 0 Å². The molecule has 1 unspecified atom stereocenters. The summed E-state index contributed by atoms with van der Waals surface area (Å²) in [5.41, 5.74) is 2.72. The predicted octanol–water partition coefficient (Wildman–Crippen LogP) is 3.95. The molecule has 2 heterocycles. The molecule has 1 saturated heterocycles. The third kappa shape index (κ3) is 5.53. The molecular weight excluding hydrogens is 460 g/mol. The van der Waals surface area contributed by atoms with Crippen LogP contribution in [0.5, 0.6) is 0 Å². The van der Waals surface area contributed by atoms with Crippen molar-refractivity contribution in [2.24, 2.45) is 7.05 Å². The minimum absolute atomic E-state index is 0.0588. The summed E-state index contributed by atoms with van der Waals surface area (Å²) in [5, 5.41) is 2.33. The molecule has 1 fully saturated rings. The van der Waals surface area contributed by atoms with Gasteiger partial charge in [0.05, 0.1) is 22.4 Å². The van der Waals surface area contributed by atoms with Gasteiger partial charge in [-0.15, -0.1) is 11.8 Å². The Balaban J connectivity index is 1.31. The van der Waals surface area contributed by atoms with Gasteiger partial charge in [-0.25, -0.2) is 4.68 Å². The van der Waals surface area contributed by atoms with Crippen LogP contribution in [-0.2, 0) is 16.6 Å². The molecule has 2 amide bonds. The van der Waals surface area contributed by atoms with Gasteiger partial charge in [0.2, 0.25) is 11.8 Å². The van der Waals surface area contributed by atoms with Crippen LogP contribution < -0.4 is 10.9 Å². The third-order valence-electron chi connectivity index (χ3n) is 6.75. The number of amides is 2. The SMILES string of the molecule is Cc1c(NC(=O)C(C)SCC(=O)N2CCC(c3ccccc3)CC2)c(=O)n(-c2ccccc2)n1C. The minimum atomic E-state index is -0.468. The molecule has 35 heavy (non-hydrogen) atoms. The average molecular weight is 493 g/mol. The summed E-state index contributed by atoms with van der Waals surface area (Å²) in [5.74, 6) is 0.513. The number of hydrogen-bond donors (Lipinski definition) is 1. The second-order valence-corrected chi connectivity index (χ2v) is 10.3. The molecular formula is C27H32N4O3S. The van der Waals surface area contributed by atoms with Gasteiger partial charge in [-0.1, -0.05) is 48.5 Å². The maximum atomic E-state index is 13.0. The van der Waals surface area contributed by atoms with Gasteiger partial charge in [0.1, 0.15) is 5.69 Å². The Hall–Kier alpha value is -3.26. The summed E-state index contributed by atoms with van der Waals surface area (Å²) in [6.07, 6.45) is 1.91. The number of rotatable bonds is 7. The van der Waals surface area contributed by atoms with E-state index in [1.54, 1.807) is 25.6 Å². The molecule has 0 bridgehead atoms. The van der Waals surface area contributed by atoms with E-state index in [9.17, 15) is 14.4 Å². The first-order valence-electron chi connectivity index (χ1n) is 12.0. The number of aromatic nitrogens is 2. The fourth-order valence-corrected chi connectivity index (χ4v) is 5.27. The molecule has 1 atom stereocenters. The molecule has 184 valence electrons. The van der Waals surface area contributed by atoms with Gasteiger partial charge in [-0.05, 0) is 50.3 Å². The maximum absolute atomic E-state index is 13.0. The van der Waals surface area contributed by atoms with Crippen molar-refractivity contribution in [2.75, 3.05) is 24.2 Å². The second-order valence-electron chi connectivity index (χ2n) is 8.94. The number of nitrogens with zero attached hydrogens (tertiary/aromatic N) is 3. The monoisotopic (exact) mass is 492 g/mol. The minimum Gasteiger partial charge on any atom is -0.342 e. The van der Waals surface area contributed by atoms with Crippen molar-refractivity contribution in [3.8, 4) is 5.69 Å². The van der Waals surface area contributed by atoms with E-state index in [-0.39, 0.29) is 28.8 Å². The molecule has 3 aromatic rings. The van der Waals surface area contributed by atoms with E-state index in [4.69, 9.17) is 0 Å². The van der Waals surface area contributed by atoms with E-state index < -0.39 is 5.25 Å². The van der Waals surface area contributed by atoms with E-state index in [2.05, 4.69) is 29.6 Å². The first kappa shape index (κ1) is 24.9. The van der Waals surface area contributed by atoms with E-state index in [1.807, 2.05) is 41.3 Å². The highest BCUT2D eigenvalue weighted by Gasteiger charge is 2.26. The van der Waals surface area contributed by atoms with E-state index >= 15 is 0 Å². The van der Waals surface area contributed by atoms with Crippen LogP contribution in [0.1, 0.15) is 36.9 Å². The zero-order chi connectivity index (χ0) is 24.9. The smallest absolute Gasteiger partial charge is 0.295 e. The van der Waals surface area contributed by atoms with E-state index in [0.717, 1.165) is 31.6 Å². The highest BCUT2D eigenvalue weighted by atomic mass is 32.2. The highest BCUT2D eigenvalue weighted by molar-refractivity contribution is 8.01. The quantitative estimate of drug-likeness (QED) is 0.542. The Morgan fingerprint density at radius 2 is 1.63 bits per heavy atom. The second kappa shape index (κ2) is 11.0. The number of carbonyl (C=O) groups excluding carboxylic acids is 2. The first-order valence-corrected chi connectivity index (χ1v) is 13.0. The normalized spacial score (nSPS) is 15.1. The summed E-state index contributed by atoms with van der Waals surface area (Å²) in [7, 11) is 1.79. The van der Waals surface area contributed by atoms with Crippen LogP contribution in [0.25, 0.3) is 5.69 Å². The number of piperidine rings is 1. The fourth-order valence-electron chi connectivity index (χ4n) is 4.49. The predicted molar refractivity (Wildman–Crippen MR) is 141 cm³/mol. The zero-order valence-corrected chi connectivity index (χ0v) is 21.3. The molecule has 0 radical (unpaired) electrons. The van der Waals surface area contributed by atoms with Crippen LogP contribution in [0.15, 0.2) is 65.5 Å². The van der Waals surface area contributed by atoms with Crippen molar-refractivity contribution in [1.82, 2.24) is 14.3 Å². The number of hydrogen-bond acceptors (Lipinski definition) is 4. The van der Waals surface area contributed by atoms with Crippen molar-refractivity contribution in [3.63, 3.8) is 0 Å². The maximum Gasteiger partial charge on any atom is 0.295 e. The summed E-state index contributed by atoms with van der Waals surface area (Å²) < 4.78 is 3.26. The molecule has 4 rings (SSSR count). The molecule has 2 aromatic carbocycles. The lowest BCUT2D eigenvalue weighted by Crippen LogP contribution is -2.39. The summed E-state index contributed by atoms with van der Waals surface area (Å²) in [6, 6.07) is 19.8. The van der Waals surface area contributed by atoms with Crippen LogP contribution in [0.3, 0.4) is 0 Å². The molecule has 1 aliphatic heterocycles. The van der Waals surface area contributed by atoms with Crippen LogP contribution in [0.2, 0.25) is 0 Å². The summed E-state index contributed by atoms with van der Waals surface area (Å²) >= 11 is 1.30. The van der Waals surface area contributed by atoms with E-state index in [0.29, 0.717) is 11.6 Å². The van der Waals surface area contributed by atoms with Gasteiger partial charge < -0.3 is 10.2 Å². The Kier molecular flexibility index (Phi) is 7.80. The molecule has 1 aromatic heterocycles.